The average Bonchev–Trinajstić information content (AvgIpc) is 2.33. The third-order valence-electron chi connectivity index (χ3n) is 2.60. The summed E-state index contributed by atoms with van der Waals surface area (Å²) < 4.78 is 26.1. The van der Waals surface area contributed by atoms with Crippen molar-refractivity contribution in [3.63, 3.8) is 0 Å². The first kappa shape index (κ1) is 15.2. The van der Waals surface area contributed by atoms with E-state index >= 15 is 0 Å². The number of nitrogen functional groups attached to an aromatic ring is 1. The molecule has 0 saturated heterocycles. The number of nitrogens with zero attached hydrogens (tertiary/aromatic N) is 2. The van der Waals surface area contributed by atoms with Gasteiger partial charge < -0.3 is 5.73 Å². The molecule has 0 unspecified atom stereocenters. The van der Waals surface area contributed by atoms with Crippen molar-refractivity contribution in [3.05, 3.63) is 17.3 Å². The summed E-state index contributed by atoms with van der Waals surface area (Å²) in [6.07, 6.45) is 3.00. The highest BCUT2D eigenvalue weighted by Gasteiger charge is 2.23. The Balaban J connectivity index is 3.06. The average molecular weight is 292 g/mol. The van der Waals surface area contributed by atoms with Crippen LogP contribution in [-0.4, -0.2) is 30.8 Å². The number of sulfonamides is 1. The van der Waals surface area contributed by atoms with Crippen LogP contribution in [0.5, 0.6) is 0 Å². The van der Waals surface area contributed by atoms with E-state index in [0.717, 1.165) is 12.8 Å². The summed E-state index contributed by atoms with van der Waals surface area (Å²) >= 11 is 5.80. The van der Waals surface area contributed by atoms with Gasteiger partial charge >= 0.3 is 0 Å². The van der Waals surface area contributed by atoms with Crippen molar-refractivity contribution in [1.29, 1.82) is 0 Å². The molecule has 0 saturated carbocycles. The van der Waals surface area contributed by atoms with Crippen LogP contribution >= 0.6 is 11.6 Å². The molecule has 0 radical (unpaired) electrons. The van der Waals surface area contributed by atoms with Gasteiger partial charge in [0.15, 0.2) is 0 Å². The Labute approximate surface area is 113 Å². The molecule has 18 heavy (non-hydrogen) atoms. The van der Waals surface area contributed by atoms with Crippen molar-refractivity contribution in [2.45, 2.75) is 31.6 Å². The summed E-state index contributed by atoms with van der Waals surface area (Å²) in [6, 6.07) is 1.34. The van der Waals surface area contributed by atoms with Gasteiger partial charge in [-0.15, -0.1) is 0 Å². The van der Waals surface area contributed by atoms with E-state index in [9.17, 15) is 8.42 Å². The summed E-state index contributed by atoms with van der Waals surface area (Å²) in [5, 5.41) is 0.155. The van der Waals surface area contributed by atoms with Gasteiger partial charge in [0, 0.05) is 19.3 Å². The molecule has 102 valence electrons. The molecule has 0 aliphatic rings. The van der Waals surface area contributed by atoms with E-state index in [1.807, 2.05) is 6.92 Å². The molecule has 0 aliphatic heterocycles. The summed E-state index contributed by atoms with van der Waals surface area (Å²) in [7, 11) is -3.53. The lowest BCUT2D eigenvalue weighted by Crippen LogP contribution is -2.32. The van der Waals surface area contributed by atoms with Crippen molar-refractivity contribution in [2.75, 3.05) is 18.8 Å². The second-order valence-electron chi connectivity index (χ2n) is 3.89. The summed E-state index contributed by atoms with van der Waals surface area (Å²) in [4.78, 5) is 3.86. The highest BCUT2D eigenvalue weighted by molar-refractivity contribution is 7.89. The zero-order valence-corrected chi connectivity index (χ0v) is 12.1. The summed E-state index contributed by atoms with van der Waals surface area (Å²) in [5.74, 6) is 0.132. The lowest BCUT2D eigenvalue weighted by molar-refractivity contribution is 0.418. The molecular weight excluding hydrogens is 274 g/mol. The molecule has 0 spiro atoms. The smallest absolute Gasteiger partial charge is 0.244 e. The number of aromatic nitrogens is 1. The van der Waals surface area contributed by atoms with E-state index in [0.29, 0.717) is 13.1 Å². The van der Waals surface area contributed by atoms with Crippen LogP contribution in [0.2, 0.25) is 5.02 Å². The van der Waals surface area contributed by atoms with Gasteiger partial charge in [-0.2, -0.15) is 4.31 Å². The normalized spacial score (nSPS) is 12.0. The van der Waals surface area contributed by atoms with E-state index in [1.165, 1.54) is 16.6 Å². The highest BCUT2D eigenvalue weighted by atomic mass is 35.5. The Morgan fingerprint density at radius 3 is 2.61 bits per heavy atom. The third kappa shape index (κ3) is 3.34. The first-order valence-electron chi connectivity index (χ1n) is 5.84. The standard InChI is InChI=1S/C11H18ClN3O2S/c1-3-5-6-15(4-2)18(16,17)9-7-10(12)11(13)14-8-9/h7-8H,3-6H2,1-2H3,(H2,13,14). The lowest BCUT2D eigenvalue weighted by atomic mass is 10.3. The van der Waals surface area contributed by atoms with Crippen molar-refractivity contribution >= 4 is 27.4 Å². The fourth-order valence-electron chi connectivity index (χ4n) is 1.50. The van der Waals surface area contributed by atoms with E-state index in [1.54, 1.807) is 6.92 Å². The molecule has 0 fully saturated rings. The van der Waals surface area contributed by atoms with E-state index in [4.69, 9.17) is 17.3 Å². The Morgan fingerprint density at radius 2 is 2.11 bits per heavy atom. The predicted molar refractivity (Wildman–Crippen MR) is 73.0 cm³/mol. The van der Waals surface area contributed by atoms with E-state index in [2.05, 4.69) is 4.98 Å². The highest BCUT2D eigenvalue weighted by Crippen LogP contribution is 2.22. The SMILES string of the molecule is CCCCN(CC)S(=O)(=O)c1cnc(N)c(Cl)c1. The molecule has 1 heterocycles. The van der Waals surface area contributed by atoms with E-state index in [-0.39, 0.29) is 15.7 Å². The molecule has 0 aromatic carbocycles. The van der Waals surface area contributed by atoms with Gasteiger partial charge in [0.2, 0.25) is 10.0 Å². The number of unbranched alkanes of at least 4 members (excludes halogenated alkanes) is 1. The second-order valence-corrected chi connectivity index (χ2v) is 6.23. The van der Waals surface area contributed by atoms with Gasteiger partial charge in [-0.1, -0.05) is 31.9 Å². The number of rotatable bonds is 6. The van der Waals surface area contributed by atoms with Crippen LogP contribution in [0.3, 0.4) is 0 Å². The molecule has 2 N–H and O–H groups in total. The zero-order chi connectivity index (χ0) is 13.8. The minimum absolute atomic E-state index is 0.0830. The largest absolute Gasteiger partial charge is 0.382 e. The summed E-state index contributed by atoms with van der Waals surface area (Å²) in [6.45, 7) is 4.74. The first-order chi connectivity index (χ1) is 8.43. The van der Waals surface area contributed by atoms with Gasteiger partial charge in [0.05, 0.1) is 5.02 Å². The molecule has 5 nitrogen and oxygen atoms in total. The molecule has 7 heteroatoms. The number of nitrogens with two attached hydrogens (primary N) is 1. The fraction of sp³-hybridized carbons (Fsp3) is 0.545. The topological polar surface area (TPSA) is 76.3 Å². The zero-order valence-electron chi connectivity index (χ0n) is 10.6. The minimum atomic E-state index is -3.53. The van der Waals surface area contributed by atoms with Crippen LogP contribution in [-0.2, 0) is 10.0 Å². The quantitative estimate of drug-likeness (QED) is 0.871. The number of hydrogen-bond acceptors (Lipinski definition) is 4. The van der Waals surface area contributed by atoms with Crippen LogP contribution in [0, 0.1) is 0 Å². The maximum Gasteiger partial charge on any atom is 0.244 e. The third-order valence-corrected chi connectivity index (χ3v) is 4.84. The van der Waals surface area contributed by atoms with E-state index < -0.39 is 10.0 Å². The van der Waals surface area contributed by atoms with Gasteiger partial charge in [0.25, 0.3) is 0 Å². The Bertz CT molecular complexity index is 505. The van der Waals surface area contributed by atoms with Gasteiger partial charge in [-0.25, -0.2) is 13.4 Å². The van der Waals surface area contributed by atoms with Crippen LogP contribution < -0.4 is 5.73 Å². The van der Waals surface area contributed by atoms with Gasteiger partial charge in [-0.3, -0.25) is 0 Å². The Kier molecular flexibility index (Phi) is 5.37. The molecule has 1 rings (SSSR count). The second kappa shape index (κ2) is 6.36. The number of halogens is 1. The van der Waals surface area contributed by atoms with Crippen LogP contribution in [0.25, 0.3) is 0 Å². The number of pyridine rings is 1. The predicted octanol–water partition coefficient (Wildman–Crippen LogP) is 2.13. The number of anilines is 1. The van der Waals surface area contributed by atoms with Crippen molar-refractivity contribution in [2.24, 2.45) is 0 Å². The molecule has 0 atom stereocenters. The number of hydrogen-bond donors (Lipinski definition) is 1. The maximum absolute atomic E-state index is 12.3. The molecule has 0 bridgehead atoms. The van der Waals surface area contributed by atoms with Crippen molar-refractivity contribution in [1.82, 2.24) is 9.29 Å². The van der Waals surface area contributed by atoms with Crippen LogP contribution in [0.1, 0.15) is 26.7 Å². The van der Waals surface area contributed by atoms with Crippen LogP contribution in [0.15, 0.2) is 17.2 Å². The lowest BCUT2D eigenvalue weighted by Gasteiger charge is -2.20. The first-order valence-corrected chi connectivity index (χ1v) is 7.66. The van der Waals surface area contributed by atoms with Crippen molar-refractivity contribution < 1.29 is 8.42 Å². The maximum atomic E-state index is 12.3. The summed E-state index contributed by atoms with van der Waals surface area (Å²) in [5.41, 5.74) is 5.47. The van der Waals surface area contributed by atoms with Gasteiger partial charge in [0.1, 0.15) is 10.7 Å². The monoisotopic (exact) mass is 291 g/mol. The van der Waals surface area contributed by atoms with Gasteiger partial charge in [-0.05, 0) is 12.5 Å². The minimum Gasteiger partial charge on any atom is -0.382 e. The van der Waals surface area contributed by atoms with Crippen LogP contribution in [0.4, 0.5) is 5.82 Å². The molecular formula is C11H18ClN3O2S. The molecule has 1 aromatic rings. The Hall–Kier alpha value is -0.850. The fourth-order valence-corrected chi connectivity index (χ4v) is 3.20. The molecule has 0 aliphatic carbocycles. The Morgan fingerprint density at radius 1 is 1.44 bits per heavy atom. The molecule has 1 aromatic heterocycles. The molecule has 0 amide bonds. The van der Waals surface area contributed by atoms with Crippen molar-refractivity contribution in [3.8, 4) is 0 Å².